The number of methoxy groups -OCH3 is 1. The van der Waals surface area contributed by atoms with Crippen LogP contribution in [0.25, 0.3) is 10.8 Å². The van der Waals surface area contributed by atoms with Crippen LogP contribution in [-0.2, 0) is 22.5 Å². The van der Waals surface area contributed by atoms with E-state index in [1.807, 2.05) is 42.5 Å². The lowest BCUT2D eigenvalue weighted by Gasteiger charge is -2.21. The van der Waals surface area contributed by atoms with E-state index >= 15 is 0 Å². The van der Waals surface area contributed by atoms with Gasteiger partial charge in [-0.15, -0.1) is 0 Å². The summed E-state index contributed by atoms with van der Waals surface area (Å²) in [5, 5.41) is 12.8. The second-order valence-electron chi connectivity index (χ2n) is 7.77. The van der Waals surface area contributed by atoms with Crippen LogP contribution in [0.2, 0.25) is 0 Å². The number of pyridine rings is 1. The van der Waals surface area contributed by atoms with Gasteiger partial charge in [-0.2, -0.15) is 0 Å². The molecule has 0 radical (unpaired) electrons. The van der Waals surface area contributed by atoms with E-state index in [9.17, 15) is 14.7 Å². The Hall–Kier alpha value is -3.87. The number of aromatic amines is 1. The number of ether oxygens (including phenoxy) is 1. The standard InChI is InChI=1S/C25H25N3O4/c1-16-12-22(29)24(25(31)28(16)11-10-18-14-26-15-27-18)21(13-23(30)32-2)20-9-5-7-17-6-3-4-8-19(17)20/h3-9,12,14-15,21,29H,10-11,13H2,1-2H3,(H,26,27)/t21-/m0/s1. The molecule has 7 nitrogen and oxygen atoms in total. The predicted octanol–water partition coefficient (Wildman–Crippen LogP) is 3.68. The summed E-state index contributed by atoms with van der Waals surface area (Å²) in [6.45, 7) is 2.20. The van der Waals surface area contributed by atoms with Crippen LogP contribution in [0, 0.1) is 6.92 Å². The van der Waals surface area contributed by atoms with Crippen LogP contribution >= 0.6 is 0 Å². The second-order valence-corrected chi connectivity index (χ2v) is 7.77. The summed E-state index contributed by atoms with van der Waals surface area (Å²) in [7, 11) is 1.32. The maximum atomic E-state index is 13.6. The van der Waals surface area contributed by atoms with Crippen LogP contribution in [0.3, 0.4) is 0 Å². The number of benzene rings is 2. The van der Waals surface area contributed by atoms with Crippen molar-refractivity contribution in [3.8, 4) is 5.75 Å². The molecule has 0 bridgehead atoms. The van der Waals surface area contributed by atoms with Gasteiger partial charge in [0.1, 0.15) is 5.75 Å². The number of imidazole rings is 1. The molecule has 0 aliphatic rings. The lowest BCUT2D eigenvalue weighted by atomic mass is 9.85. The molecule has 0 aliphatic carbocycles. The summed E-state index contributed by atoms with van der Waals surface area (Å²) in [5.41, 5.74) is 2.23. The number of nitrogens with one attached hydrogen (secondary N) is 1. The van der Waals surface area contributed by atoms with E-state index < -0.39 is 11.9 Å². The zero-order valence-electron chi connectivity index (χ0n) is 18.0. The first-order valence-corrected chi connectivity index (χ1v) is 10.4. The summed E-state index contributed by atoms with van der Waals surface area (Å²) < 4.78 is 6.56. The third kappa shape index (κ3) is 4.14. The van der Waals surface area contributed by atoms with Gasteiger partial charge in [0.05, 0.1) is 25.4 Å². The molecule has 4 rings (SSSR count). The zero-order valence-corrected chi connectivity index (χ0v) is 18.0. The Morgan fingerprint density at radius 1 is 1.22 bits per heavy atom. The van der Waals surface area contributed by atoms with Crippen LogP contribution in [-0.4, -0.2) is 32.7 Å². The normalized spacial score (nSPS) is 12.1. The first-order chi connectivity index (χ1) is 15.5. The lowest BCUT2D eigenvalue weighted by molar-refractivity contribution is -0.140. The number of fused-ring (bicyclic) bond motifs is 1. The molecule has 2 aromatic heterocycles. The molecule has 2 heterocycles. The first-order valence-electron chi connectivity index (χ1n) is 10.4. The molecule has 2 N–H and O–H groups in total. The second kappa shape index (κ2) is 9.09. The number of hydrogen-bond donors (Lipinski definition) is 2. The van der Waals surface area contributed by atoms with Gasteiger partial charge >= 0.3 is 5.97 Å². The molecular formula is C25H25N3O4. The molecule has 1 atom stereocenters. The van der Waals surface area contributed by atoms with Crippen molar-refractivity contribution in [2.45, 2.75) is 32.2 Å². The van der Waals surface area contributed by atoms with E-state index in [4.69, 9.17) is 4.74 Å². The number of rotatable bonds is 7. The molecule has 2 aromatic carbocycles. The number of carbonyl (C=O) groups is 1. The molecule has 164 valence electrons. The topological polar surface area (TPSA) is 97.2 Å². The monoisotopic (exact) mass is 431 g/mol. The number of esters is 1. The van der Waals surface area contributed by atoms with Gasteiger partial charge in [0.2, 0.25) is 0 Å². The molecular weight excluding hydrogens is 406 g/mol. The van der Waals surface area contributed by atoms with Crippen LogP contribution in [0.1, 0.15) is 34.9 Å². The van der Waals surface area contributed by atoms with Gasteiger partial charge in [0, 0.05) is 36.5 Å². The van der Waals surface area contributed by atoms with Crippen LogP contribution < -0.4 is 5.56 Å². The summed E-state index contributed by atoms with van der Waals surface area (Å²) in [6, 6.07) is 15.1. The Balaban J connectivity index is 1.86. The Morgan fingerprint density at radius 2 is 2.00 bits per heavy atom. The van der Waals surface area contributed by atoms with E-state index in [1.54, 1.807) is 30.1 Å². The Morgan fingerprint density at radius 3 is 2.75 bits per heavy atom. The van der Waals surface area contributed by atoms with Crippen molar-refractivity contribution in [1.82, 2.24) is 14.5 Å². The van der Waals surface area contributed by atoms with E-state index in [0.29, 0.717) is 18.7 Å². The molecule has 7 heteroatoms. The lowest BCUT2D eigenvalue weighted by Crippen LogP contribution is -2.29. The molecule has 0 aliphatic heterocycles. The molecule has 32 heavy (non-hydrogen) atoms. The van der Waals surface area contributed by atoms with Crippen molar-refractivity contribution in [2.75, 3.05) is 7.11 Å². The summed E-state index contributed by atoms with van der Waals surface area (Å²) >= 11 is 0. The van der Waals surface area contributed by atoms with Crippen molar-refractivity contribution in [3.05, 3.63) is 93.9 Å². The van der Waals surface area contributed by atoms with Crippen molar-refractivity contribution >= 4 is 16.7 Å². The number of carbonyl (C=O) groups excluding carboxylic acids is 1. The van der Waals surface area contributed by atoms with Gasteiger partial charge in [0.15, 0.2) is 0 Å². The SMILES string of the molecule is COC(=O)C[C@H](c1c(O)cc(C)n(CCc2cnc[nH]2)c1=O)c1cccc2ccccc12. The highest BCUT2D eigenvalue weighted by molar-refractivity contribution is 5.87. The fourth-order valence-corrected chi connectivity index (χ4v) is 4.20. The van der Waals surface area contributed by atoms with Crippen molar-refractivity contribution in [1.29, 1.82) is 0 Å². The number of nitrogens with zero attached hydrogens (tertiary/aromatic N) is 2. The fourth-order valence-electron chi connectivity index (χ4n) is 4.20. The van der Waals surface area contributed by atoms with E-state index in [1.165, 1.54) is 7.11 Å². The van der Waals surface area contributed by atoms with Gasteiger partial charge in [-0.05, 0) is 29.3 Å². The Labute approximate surface area is 185 Å². The number of aromatic nitrogens is 3. The maximum Gasteiger partial charge on any atom is 0.306 e. The number of aromatic hydroxyl groups is 1. The smallest absolute Gasteiger partial charge is 0.306 e. The average Bonchev–Trinajstić information content (AvgIpc) is 3.31. The minimum Gasteiger partial charge on any atom is -0.507 e. The molecule has 0 amide bonds. The van der Waals surface area contributed by atoms with Gasteiger partial charge in [-0.3, -0.25) is 9.59 Å². The number of H-pyrrole nitrogens is 1. The number of hydrogen-bond acceptors (Lipinski definition) is 5. The largest absolute Gasteiger partial charge is 0.507 e. The van der Waals surface area contributed by atoms with E-state index in [0.717, 1.165) is 22.0 Å². The van der Waals surface area contributed by atoms with Crippen molar-refractivity contribution in [2.24, 2.45) is 0 Å². The fraction of sp³-hybridized carbons (Fsp3) is 0.240. The maximum absolute atomic E-state index is 13.6. The average molecular weight is 431 g/mol. The van der Waals surface area contributed by atoms with Gasteiger partial charge in [0.25, 0.3) is 5.56 Å². The third-order valence-electron chi connectivity index (χ3n) is 5.83. The van der Waals surface area contributed by atoms with Crippen LogP contribution in [0.15, 0.2) is 65.8 Å². The van der Waals surface area contributed by atoms with Gasteiger partial charge < -0.3 is 19.4 Å². The Bertz CT molecular complexity index is 1300. The van der Waals surface area contributed by atoms with Crippen LogP contribution in [0.5, 0.6) is 5.75 Å². The quantitative estimate of drug-likeness (QED) is 0.435. The van der Waals surface area contributed by atoms with Crippen molar-refractivity contribution in [3.63, 3.8) is 0 Å². The van der Waals surface area contributed by atoms with Gasteiger partial charge in [-0.25, -0.2) is 4.98 Å². The highest BCUT2D eigenvalue weighted by Crippen LogP contribution is 2.36. The predicted molar refractivity (Wildman–Crippen MR) is 122 cm³/mol. The summed E-state index contributed by atoms with van der Waals surface area (Å²) in [6.07, 6.45) is 3.84. The van der Waals surface area contributed by atoms with Crippen LogP contribution in [0.4, 0.5) is 0 Å². The van der Waals surface area contributed by atoms with Crippen molar-refractivity contribution < 1.29 is 14.6 Å². The van der Waals surface area contributed by atoms with E-state index in [2.05, 4.69) is 9.97 Å². The highest BCUT2D eigenvalue weighted by Gasteiger charge is 2.27. The van der Waals surface area contributed by atoms with E-state index in [-0.39, 0.29) is 23.3 Å². The zero-order chi connectivity index (χ0) is 22.7. The molecule has 0 unspecified atom stereocenters. The minimum atomic E-state index is -0.653. The highest BCUT2D eigenvalue weighted by atomic mass is 16.5. The first kappa shape index (κ1) is 21.4. The molecule has 0 saturated carbocycles. The number of aryl methyl sites for hydroxylation is 2. The summed E-state index contributed by atoms with van der Waals surface area (Å²) in [4.78, 5) is 33.0. The Kier molecular flexibility index (Phi) is 6.07. The molecule has 0 spiro atoms. The molecule has 0 fully saturated rings. The van der Waals surface area contributed by atoms with Gasteiger partial charge in [-0.1, -0.05) is 42.5 Å². The molecule has 4 aromatic rings. The summed E-state index contributed by atoms with van der Waals surface area (Å²) in [5.74, 6) is -1.22. The minimum absolute atomic E-state index is 0.0586. The third-order valence-corrected chi connectivity index (χ3v) is 5.83. The molecule has 0 saturated heterocycles.